The van der Waals surface area contributed by atoms with Crippen molar-refractivity contribution >= 4 is 34.3 Å². The lowest BCUT2D eigenvalue weighted by molar-refractivity contribution is -0.143. The number of rotatable bonds is 5. The molecule has 1 aromatic carbocycles. The van der Waals surface area contributed by atoms with Crippen molar-refractivity contribution in [1.82, 2.24) is 15.0 Å². The van der Waals surface area contributed by atoms with Crippen LogP contribution in [0.2, 0.25) is 0 Å². The SMILES string of the molecule is Cl.O=C(O)C1CCCN(Cc2nc(Cc3cccc(Br)c3)no2)C1. The molecule has 130 valence electrons. The third-order valence-corrected chi connectivity index (χ3v) is 4.47. The second-order valence-electron chi connectivity index (χ2n) is 5.82. The van der Waals surface area contributed by atoms with Crippen LogP contribution in [-0.2, 0) is 17.8 Å². The molecule has 8 heteroatoms. The quantitative estimate of drug-likeness (QED) is 0.806. The van der Waals surface area contributed by atoms with Gasteiger partial charge in [0.25, 0.3) is 0 Å². The Morgan fingerprint density at radius 1 is 1.46 bits per heavy atom. The number of hydrogen-bond acceptors (Lipinski definition) is 5. The fraction of sp³-hybridized carbons (Fsp3) is 0.438. The zero-order valence-corrected chi connectivity index (χ0v) is 15.4. The zero-order valence-electron chi connectivity index (χ0n) is 13.0. The average Bonchev–Trinajstić information content (AvgIpc) is 2.94. The number of benzene rings is 1. The Kier molecular flexibility index (Phi) is 6.77. The normalized spacial score (nSPS) is 18.1. The maximum absolute atomic E-state index is 11.1. The molecule has 0 amide bonds. The van der Waals surface area contributed by atoms with Crippen molar-refractivity contribution in [3.8, 4) is 0 Å². The number of piperidine rings is 1. The highest BCUT2D eigenvalue weighted by atomic mass is 79.9. The fourth-order valence-electron chi connectivity index (χ4n) is 2.85. The van der Waals surface area contributed by atoms with Crippen molar-refractivity contribution in [1.29, 1.82) is 0 Å². The van der Waals surface area contributed by atoms with E-state index in [0.29, 0.717) is 31.2 Å². The summed E-state index contributed by atoms with van der Waals surface area (Å²) in [5.41, 5.74) is 1.11. The number of carboxylic acids is 1. The molecule has 2 heterocycles. The molecule has 0 saturated carbocycles. The molecule has 1 saturated heterocycles. The van der Waals surface area contributed by atoms with Crippen molar-refractivity contribution in [2.24, 2.45) is 5.92 Å². The van der Waals surface area contributed by atoms with Crippen molar-refractivity contribution in [3.05, 3.63) is 46.0 Å². The van der Waals surface area contributed by atoms with E-state index in [-0.39, 0.29) is 18.3 Å². The molecular formula is C16H19BrClN3O3. The molecule has 2 aromatic rings. The Morgan fingerprint density at radius 2 is 2.29 bits per heavy atom. The van der Waals surface area contributed by atoms with Crippen LogP contribution in [0.4, 0.5) is 0 Å². The minimum atomic E-state index is -0.726. The van der Waals surface area contributed by atoms with Gasteiger partial charge in [0.05, 0.1) is 12.5 Å². The van der Waals surface area contributed by atoms with E-state index in [9.17, 15) is 4.79 Å². The minimum Gasteiger partial charge on any atom is -0.481 e. The predicted molar refractivity (Wildman–Crippen MR) is 94.1 cm³/mol. The smallest absolute Gasteiger partial charge is 0.307 e. The van der Waals surface area contributed by atoms with Crippen molar-refractivity contribution < 1.29 is 14.4 Å². The van der Waals surface area contributed by atoms with Crippen LogP contribution in [0, 0.1) is 5.92 Å². The number of aromatic nitrogens is 2. The van der Waals surface area contributed by atoms with Gasteiger partial charge in [-0.2, -0.15) is 4.98 Å². The van der Waals surface area contributed by atoms with Gasteiger partial charge in [-0.15, -0.1) is 12.4 Å². The monoisotopic (exact) mass is 415 g/mol. The summed E-state index contributed by atoms with van der Waals surface area (Å²) >= 11 is 3.44. The van der Waals surface area contributed by atoms with Crippen LogP contribution in [0.5, 0.6) is 0 Å². The summed E-state index contributed by atoms with van der Waals surface area (Å²) in [6.45, 7) is 1.92. The summed E-state index contributed by atoms with van der Waals surface area (Å²) in [6, 6.07) is 7.99. The van der Waals surface area contributed by atoms with E-state index < -0.39 is 5.97 Å². The highest BCUT2D eigenvalue weighted by Gasteiger charge is 2.26. The Morgan fingerprint density at radius 3 is 3.04 bits per heavy atom. The van der Waals surface area contributed by atoms with Gasteiger partial charge in [0.1, 0.15) is 0 Å². The zero-order chi connectivity index (χ0) is 16.2. The Labute approximate surface area is 154 Å². The van der Waals surface area contributed by atoms with Crippen molar-refractivity contribution in [2.45, 2.75) is 25.8 Å². The molecule has 1 N–H and O–H groups in total. The first-order chi connectivity index (χ1) is 11.1. The molecule has 0 aliphatic carbocycles. The summed E-state index contributed by atoms with van der Waals surface area (Å²) in [4.78, 5) is 17.6. The maximum Gasteiger partial charge on any atom is 0.307 e. The van der Waals surface area contributed by atoms with Gasteiger partial charge in [0.15, 0.2) is 5.82 Å². The van der Waals surface area contributed by atoms with Crippen LogP contribution in [0.25, 0.3) is 0 Å². The molecule has 24 heavy (non-hydrogen) atoms. The average molecular weight is 417 g/mol. The molecule has 1 atom stereocenters. The molecule has 1 aliphatic heterocycles. The predicted octanol–water partition coefficient (Wildman–Crippen LogP) is 3.14. The summed E-state index contributed by atoms with van der Waals surface area (Å²) < 4.78 is 6.32. The summed E-state index contributed by atoms with van der Waals surface area (Å²) in [6.07, 6.45) is 2.24. The molecule has 6 nitrogen and oxygen atoms in total. The van der Waals surface area contributed by atoms with Gasteiger partial charge < -0.3 is 9.63 Å². The highest BCUT2D eigenvalue weighted by molar-refractivity contribution is 9.10. The number of carbonyl (C=O) groups is 1. The largest absolute Gasteiger partial charge is 0.481 e. The number of carboxylic acid groups (broad SMARTS) is 1. The fourth-order valence-corrected chi connectivity index (χ4v) is 3.29. The molecule has 0 spiro atoms. The molecular weight excluding hydrogens is 398 g/mol. The highest BCUT2D eigenvalue weighted by Crippen LogP contribution is 2.19. The topological polar surface area (TPSA) is 79.5 Å². The van der Waals surface area contributed by atoms with E-state index in [1.54, 1.807) is 0 Å². The Balaban J connectivity index is 0.00000208. The van der Waals surface area contributed by atoms with Gasteiger partial charge in [0, 0.05) is 17.4 Å². The number of aliphatic carboxylic acids is 1. The molecule has 1 unspecified atom stereocenters. The van der Waals surface area contributed by atoms with E-state index >= 15 is 0 Å². The molecule has 1 aromatic heterocycles. The van der Waals surface area contributed by atoms with Crippen LogP contribution in [0.3, 0.4) is 0 Å². The lowest BCUT2D eigenvalue weighted by Crippen LogP contribution is -2.38. The Hall–Kier alpha value is -1.44. The number of hydrogen-bond donors (Lipinski definition) is 1. The van der Waals surface area contributed by atoms with E-state index in [2.05, 4.69) is 31.0 Å². The lowest BCUT2D eigenvalue weighted by atomic mass is 9.98. The number of likely N-dealkylation sites (tertiary alicyclic amines) is 1. The summed E-state index contributed by atoms with van der Waals surface area (Å²) in [5.74, 6) is 0.161. The first-order valence-corrected chi connectivity index (χ1v) is 8.40. The van der Waals surface area contributed by atoms with Crippen LogP contribution < -0.4 is 0 Å². The van der Waals surface area contributed by atoms with Crippen LogP contribution in [0.1, 0.15) is 30.1 Å². The van der Waals surface area contributed by atoms with Crippen LogP contribution >= 0.6 is 28.3 Å². The van der Waals surface area contributed by atoms with E-state index in [4.69, 9.17) is 9.63 Å². The second kappa shape index (κ2) is 8.60. The minimum absolute atomic E-state index is 0. The lowest BCUT2D eigenvalue weighted by Gasteiger charge is -2.29. The van der Waals surface area contributed by atoms with Gasteiger partial charge in [-0.25, -0.2) is 0 Å². The summed E-state index contributed by atoms with van der Waals surface area (Å²) in [7, 11) is 0. The van der Waals surface area contributed by atoms with Crippen molar-refractivity contribution in [3.63, 3.8) is 0 Å². The molecule has 0 radical (unpaired) electrons. The molecule has 0 bridgehead atoms. The van der Waals surface area contributed by atoms with Gasteiger partial charge >= 0.3 is 5.97 Å². The Bertz CT molecular complexity index is 695. The van der Waals surface area contributed by atoms with Crippen LogP contribution in [-0.4, -0.2) is 39.2 Å². The first kappa shape index (κ1) is 18.9. The van der Waals surface area contributed by atoms with Gasteiger partial charge in [-0.05, 0) is 37.1 Å². The summed E-state index contributed by atoms with van der Waals surface area (Å²) in [5, 5.41) is 13.1. The van der Waals surface area contributed by atoms with Gasteiger partial charge in [-0.1, -0.05) is 33.2 Å². The van der Waals surface area contributed by atoms with E-state index in [1.165, 1.54) is 0 Å². The van der Waals surface area contributed by atoms with Crippen molar-refractivity contribution in [2.75, 3.05) is 13.1 Å². The molecule has 3 rings (SSSR count). The van der Waals surface area contributed by atoms with Gasteiger partial charge in [-0.3, -0.25) is 9.69 Å². The number of halogens is 2. The van der Waals surface area contributed by atoms with E-state index in [1.807, 2.05) is 24.3 Å². The standard InChI is InChI=1S/C16H18BrN3O3.ClH/c17-13-5-1-3-11(7-13)8-14-18-15(23-19-14)10-20-6-2-4-12(9-20)16(21)22;/h1,3,5,7,12H,2,4,6,8-10H2,(H,21,22);1H. The van der Waals surface area contributed by atoms with Crippen LogP contribution in [0.15, 0.2) is 33.3 Å². The second-order valence-corrected chi connectivity index (χ2v) is 6.74. The first-order valence-electron chi connectivity index (χ1n) is 7.61. The third-order valence-electron chi connectivity index (χ3n) is 3.98. The maximum atomic E-state index is 11.1. The third kappa shape index (κ3) is 5.03. The molecule has 1 fully saturated rings. The number of nitrogens with zero attached hydrogens (tertiary/aromatic N) is 3. The van der Waals surface area contributed by atoms with Gasteiger partial charge in [0.2, 0.25) is 5.89 Å². The molecule has 1 aliphatic rings. The van der Waals surface area contributed by atoms with E-state index in [0.717, 1.165) is 29.4 Å².